The van der Waals surface area contributed by atoms with Crippen LogP contribution in [0.3, 0.4) is 0 Å². The van der Waals surface area contributed by atoms with Gasteiger partial charge in [-0.2, -0.15) is 5.10 Å². The van der Waals surface area contributed by atoms with Crippen LogP contribution in [0.25, 0.3) is 5.65 Å². The van der Waals surface area contributed by atoms with E-state index in [1.54, 1.807) is 6.20 Å². The zero-order valence-corrected chi connectivity index (χ0v) is 10.6. The Morgan fingerprint density at radius 2 is 2.11 bits per heavy atom. The van der Waals surface area contributed by atoms with Gasteiger partial charge in [0.25, 0.3) is 0 Å². The van der Waals surface area contributed by atoms with Crippen molar-refractivity contribution in [2.75, 3.05) is 19.6 Å². The summed E-state index contributed by atoms with van der Waals surface area (Å²) >= 11 is 0. The van der Waals surface area contributed by atoms with Crippen molar-refractivity contribution in [1.29, 1.82) is 0 Å². The third-order valence-corrected chi connectivity index (χ3v) is 3.68. The Morgan fingerprint density at radius 3 is 2.84 bits per heavy atom. The fraction of sp³-hybridized carbons (Fsp3) is 0.462. The van der Waals surface area contributed by atoms with Crippen molar-refractivity contribution in [2.24, 2.45) is 0 Å². The van der Waals surface area contributed by atoms with Crippen LogP contribution in [0.2, 0.25) is 0 Å². The van der Waals surface area contributed by atoms with Crippen LogP contribution in [-0.4, -0.2) is 50.2 Å². The maximum absolute atomic E-state index is 10.7. The number of piperidine rings is 1. The van der Waals surface area contributed by atoms with E-state index in [9.17, 15) is 4.79 Å². The van der Waals surface area contributed by atoms with E-state index in [0.717, 1.165) is 31.6 Å². The average Bonchev–Trinajstić information content (AvgIpc) is 2.87. The van der Waals surface area contributed by atoms with Crippen LogP contribution in [0, 0.1) is 0 Å². The van der Waals surface area contributed by atoms with Crippen LogP contribution >= 0.6 is 0 Å². The predicted octanol–water partition coefficient (Wildman–Crippen LogP) is 0.993. The highest BCUT2D eigenvalue weighted by molar-refractivity contribution is 5.69. The van der Waals surface area contributed by atoms with Crippen molar-refractivity contribution in [2.45, 2.75) is 18.8 Å². The summed E-state index contributed by atoms with van der Waals surface area (Å²) in [5.41, 5.74) is 2.04. The summed E-state index contributed by atoms with van der Waals surface area (Å²) in [6, 6.07) is 3.90. The molecule has 0 radical (unpaired) electrons. The normalized spacial score (nSPS) is 17.9. The highest BCUT2D eigenvalue weighted by Gasteiger charge is 2.23. The van der Waals surface area contributed by atoms with E-state index in [2.05, 4.69) is 10.1 Å². The smallest absolute Gasteiger partial charge is 0.317 e. The number of rotatable bonds is 3. The van der Waals surface area contributed by atoms with Crippen molar-refractivity contribution in [1.82, 2.24) is 19.5 Å². The van der Waals surface area contributed by atoms with Gasteiger partial charge in [0, 0.05) is 23.9 Å². The lowest BCUT2D eigenvalue weighted by molar-refractivity contribution is -0.138. The molecule has 0 aromatic carbocycles. The molecule has 0 bridgehead atoms. The van der Waals surface area contributed by atoms with Gasteiger partial charge in [0.05, 0.1) is 12.7 Å². The van der Waals surface area contributed by atoms with E-state index in [1.165, 1.54) is 5.69 Å². The standard InChI is InChI=1S/C13H16N4O2/c18-13(19)9-16-7-3-10(4-8-16)11-1-5-14-12-2-6-15-17(11)12/h1-2,5-6,10H,3-4,7-9H2,(H,18,19). The first-order valence-electron chi connectivity index (χ1n) is 6.47. The number of likely N-dealkylation sites (tertiary alicyclic amines) is 1. The van der Waals surface area contributed by atoms with E-state index in [-0.39, 0.29) is 6.54 Å². The molecule has 1 aliphatic rings. The van der Waals surface area contributed by atoms with Crippen LogP contribution in [-0.2, 0) is 4.79 Å². The first-order valence-corrected chi connectivity index (χ1v) is 6.47. The van der Waals surface area contributed by atoms with Gasteiger partial charge < -0.3 is 5.11 Å². The van der Waals surface area contributed by atoms with Crippen molar-refractivity contribution in [3.63, 3.8) is 0 Å². The fourth-order valence-electron chi connectivity index (χ4n) is 2.74. The quantitative estimate of drug-likeness (QED) is 0.891. The Kier molecular flexibility index (Phi) is 3.16. The Hall–Kier alpha value is -1.95. The molecule has 6 nitrogen and oxygen atoms in total. The second-order valence-corrected chi connectivity index (χ2v) is 4.92. The highest BCUT2D eigenvalue weighted by Crippen LogP contribution is 2.27. The number of aromatic nitrogens is 3. The van der Waals surface area contributed by atoms with E-state index in [0.29, 0.717) is 5.92 Å². The SMILES string of the molecule is O=C(O)CN1CCC(c2ccnc3ccnn23)CC1. The molecule has 1 fully saturated rings. The van der Waals surface area contributed by atoms with E-state index < -0.39 is 5.97 Å². The molecule has 0 unspecified atom stereocenters. The molecule has 1 N–H and O–H groups in total. The summed E-state index contributed by atoms with van der Waals surface area (Å²) < 4.78 is 1.89. The van der Waals surface area contributed by atoms with Crippen molar-refractivity contribution < 1.29 is 9.90 Å². The van der Waals surface area contributed by atoms with Gasteiger partial charge in [-0.3, -0.25) is 9.69 Å². The molecule has 6 heteroatoms. The first kappa shape index (κ1) is 12.1. The second-order valence-electron chi connectivity index (χ2n) is 4.92. The molecule has 2 aromatic rings. The molecule has 3 rings (SSSR count). The Bertz CT molecular complexity index is 587. The summed E-state index contributed by atoms with van der Waals surface area (Å²) in [6.45, 7) is 1.78. The number of fused-ring (bicyclic) bond motifs is 1. The number of aliphatic carboxylic acids is 1. The van der Waals surface area contributed by atoms with Crippen LogP contribution in [0.1, 0.15) is 24.5 Å². The van der Waals surface area contributed by atoms with Gasteiger partial charge in [0.1, 0.15) is 0 Å². The molecular weight excluding hydrogens is 244 g/mol. The summed E-state index contributed by atoms with van der Waals surface area (Å²) in [4.78, 5) is 16.9. The third kappa shape index (κ3) is 2.44. The van der Waals surface area contributed by atoms with Crippen molar-refractivity contribution in [3.05, 3.63) is 30.2 Å². The predicted molar refractivity (Wildman–Crippen MR) is 69.0 cm³/mol. The maximum atomic E-state index is 10.7. The average molecular weight is 260 g/mol. The van der Waals surface area contributed by atoms with Gasteiger partial charge >= 0.3 is 5.97 Å². The molecule has 1 saturated heterocycles. The van der Waals surface area contributed by atoms with Gasteiger partial charge in [-0.15, -0.1) is 0 Å². The number of hydrogen-bond acceptors (Lipinski definition) is 4. The molecular formula is C13H16N4O2. The van der Waals surface area contributed by atoms with Gasteiger partial charge in [0.15, 0.2) is 5.65 Å². The minimum atomic E-state index is -0.753. The first-order chi connectivity index (χ1) is 9.24. The fourth-order valence-corrected chi connectivity index (χ4v) is 2.74. The number of nitrogens with zero attached hydrogens (tertiary/aromatic N) is 4. The summed E-state index contributed by atoms with van der Waals surface area (Å²) in [6.07, 6.45) is 5.50. The summed E-state index contributed by atoms with van der Waals surface area (Å²) in [5, 5.41) is 13.1. The van der Waals surface area contributed by atoms with E-state index >= 15 is 0 Å². The Labute approximate surface area is 110 Å². The molecule has 100 valence electrons. The van der Waals surface area contributed by atoms with Crippen LogP contribution in [0.15, 0.2) is 24.5 Å². The molecule has 0 atom stereocenters. The Balaban J connectivity index is 1.75. The number of carboxylic acids is 1. The molecule has 1 aliphatic heterocycles. The zero-order chi connectivity index (χ0) is 13.2. The maximum Gasteiger partial charge on any atom is 0.317 e. The van der Waals surface area contributed by atoms with Gasteiger partial charge in [0.2, 0.25) is 0 Å². The number of hydrogen-bond donors (Lipinski definition) is 1. The third-order valence-electron chi connectivity index (χ3n) is 3.68. The van der Waals surface area contributed by atoms with Crippen LogP contribution in [0.5, 0.6) is 0 Å². The van der Waals surface area contributed by atoms with E-state index in [4.69, 9.17) is 5.11 Å². The second kappa shape index (κ2) is 4.97. The topological polar surface area (TPSA) is 70.7 Å². The number of carbonyl (C=O) groups is 1. The van der Waals surface area contributed by atoms with Gasteiger partial charge in [-0.1, -0.05) is 0 Å². The molecule has 3 heterocycles. The largest absolute Gasteiger partial charge is 0.480 e. The minimum absolute atomic E-state index is 0.139. The lowest BCUT2D eigenvalue weighted by Crippen LogP contribution is -2.37. The van der Waals surface area contributed by atoms with Crippen LogP contribution < -0.4 is 0 Å². The molecule has 0 amide bonds. The van der Waals surface area contributed by atoms with Crippen molar-refractivity contribution >= 4 is 11.6 Å². The molecule has 19 heavy (non-hydrogen) atoms. The lowest BCUT2D eigenvalue weighted by Gasteiger charge is -2.30. The molecule has 0 aliphatic carbocycles. The van der Waals surface area contributed by atoms with Crippen LogP contribution in [0.4, 0.5) is 0 Å². The lowest BCUT2D eigenvalue weighted by atomic mass is 9.93. The zero-order valence-electron chi connectivity index (χ0n) is 10.6. The summed E-state index contributed by atoms with van der Waals surface area (Å²) in [7, 11) is 0. The molecule has 0 spiro atoms. The van der Waals surface area contributed by atoms with Gasteiger partial charge in [-0.05, 0) is 32.0 Å². The Morgan fingerprint density at radius 1 is 1.32 bits per heavy atom. The minimum Gasteiger partial charge on any atom is -0.480 e. The monoisotopic (exact) mass is 260 g/mol. The van der Waals surface area contributed by atoms with Crippen molar-refractivity contribution in [3.8, 4) is 0 Å². The van der Waals surface area contributed by atoms with E-state index in [1.807, 2.05) is 27.7 Å². The molecule has 2 aromatic heterocycles. The highest BCUT2D eigenvalue weighted by atomic mass is 16.4. The van der Waals surface area contributed by atoms with Gasteiger partial charge in [-0.25, -0.2) is 9.50 Å². The summed E-state index contributed by atoms with van der Waals surface area (Å²) in [5.74, 6) is -0.327. The molecule has 0 saturated carbocycles. The number of carboxylic acid groups (broad SMARTS) is 1.